The Kier molecular flexibility index (Phi) is 4.15. The first-order valence-electron chi connectivity index (χ1n) is 6.25. The van der Waals surface area contributed by atoms with Crippen LogP contribution in [0.15, 0.2) is 30.3 Å². The average molecular weight is 233 g/mol. The second-order valence-electron chi connectivity index (χ2n) is 4.57. The number of likely N-dealkylation sites (tertiary alicyclic amines) is 1. The third-order valence-corrected chi connectivity index (χ3v) is 3.33. The fourth-order valence-electron chi connectivity index (χ4n) is 2.37. The Bertz CT molecular complexity index is 364. The van der Waals surface area contributed by atoms with Crippen molar-refractivity contribution in [3.63, 3.8) is 0 Å². The van der Waals surface area contributed by atoms with Crippen molar-refractivity contribution in [2.45, 2.75) is 31.7 Å². The van der Waals surface area contributed by atoms with Crippen LogP contribution in [0.4, 0.5) is 0 Å². The Morgan fingerprint density at radius 2 is 2.00 bits per heavy atom. The predicted octanol–water partition coefficient (Wildman–Crippen LogP) is 1.60. The van der Waals surface area contributed by atoms with E-state index >= 15 is 0 Å². The normalized spacial score (nSPS) is 18.2. The summed E-state index contributed by atoms with van der Waals surface area (Å²) in [4.78, 5) is 13.6. The number of rotatable bonds is 4. The van der Waals surface area contributed by atoms with Crippen LogP contribution in [0.25, 0.3) is 0 Å². The number of carbonyl (C=O) groups excluding carboxylic acids is 1. The molecule has 0 bridgehead atoms. The van der Waals surface area contributed by atoms with Crippen LogP contribution in [0.5, 0.6) is 0 Å². The summed E-state index contributed by atoms with van der Waals surface area (Å²) >= 11 is 0. The summed E-state index contributed by atoms with van der Waals surface area (Å²) in [6, 6.07) is 9.96. The van der Waals surface area contributed by atoms with Crippen LogP contribution < -0.4 is 0 Å². The van der Waals surface area contributed by atoms with Crippen LogP contribution >= 0.6 is 0 Å². The van der Waals surface area contributed by atoms with Gasteiger partial charge in [-0.3, -0.25) is 4.79 Å². The molecule has 1 saturated heterocycles. The highest BCUT2D eigenvalue weighted by Crippen LogP contribution is 2.16. The molecular formula is C14H19NO2. The Morgan fingerprint density at radius 1 is 1.24 bits per heavy atom. The van der Waals surface area contributed by atoms with E-state index in [9.17, 15) is 9.90 Å². The molecule has 0 spiro atoms. The molecule has 1 amide bonds. The Hall–Kier alpha value is -1.35. The largest absolute Gasteiger partial charge is 0.394 e. The third-order valence-electron chi connectivity index (χ3n) is 3.33. The summed E-state index contributed by atoms with van der Waals surface area (Å²) in [5.74, 6) is 0.186. The monoisotopic (exact) mass is 233 g/mol. The number of amides is 1. The molecule has 92 valence electrons. The molecule has 1 aromatic carbocycles. The fourth-order valence-corrected chi connectivity index (χ4v) is 2.37. The quantitative estimate of drug-likeness (QED) is 0.858. The Labute approximate surface area is 102 Å². The lowest BCUT2D eigenvalue weighted by molar-refractivity contribution is -0.136. The number of nitrogens with zero attached hydrogens (tertiary/aromatic N) is 1. The van der Waals surface area contributed by atoms with Gasteiger partial charge in [-0.2, -0.15) is 0 Å². The van der Waals surface area contributed by atoms with Gasteiger partial charge in [-0.25, -0.2) is 0 Å². The third kappa shape index (κ3) is 3.07. The molecule has 1 aliphatic rings. The second-order valence-corrected chi connectivity index (χ2v) is 4.57. The van der Waals surface area contributed by atoms with Gasteiger partial charge in [0.25, 0.3) is 0 Å². The van der Waals surface area contributed by atoms with Crippen molar-refractivity contribution in [1.29, 1.82) is 0 Å². The number of benzene rings is 1. The number of aliphatic hydroxyl groups is 1. The van der Waals surface area contributed by atoms with E-state index in [0.29, 0.717) is 6.42 Å². The molecule has 17 heavy (non-hydrogen) atoms. The summed E-state index contributed by atoms with van der Waals surface area (Å²) in [7, 11) is 0. The van der Waals surface area contributed by atoms with E-state index in [4.69, 9.17) is 0 Å². The summed E-state index contributed by atoms with van der Waals surface area (Å²) in [6.45, 7) is 0.831. The maximum atomic E-state index is 11.8. The van der Waals surface area contributed by atoms with Crippen molar-refractivity contribution < 1.29 is 9.90 Å². The summed E-state index contributed by atoms with van der Waals surface area (Å²) in [5, 5.41) is 9.46. The molecule has 0 saturated carbocycles. The van der Waals surface area contributed by atoms with Gasteiger partial charge in [0.1, 0.15) is 0 Å². The molecule has 2 rings (SSSR count). The highest BCUT2D eigenvalue weighted by Gasteiger charge is 2.25. The van der Waals surface area contributed by atoms with Crippen molar-refractivity contribution in [2.75, 3.05) is 13.2 Å². The summed E-state index contributed by atoms with van der Waals surface area (Å²) < 4.78 is 0. The predicted molar refractivity (Wildman–Crippen MR) is 66.6 cm³/mol. The number of aliphatic hydroxyl groups excluding tert-OH is 1. The van der Waals surface area contributed by atoms with E-state index in [1.165, 1.54) is 5.56 Å². The molecule has 1 aromatic rings. The minimum absolute atomic E-state index is 0.0423. The number of hydrogen-bond acceptors (Lipinski definition) is 2. The molecule has 0 aromatic heterocycles. The smallest absolute Gasteiger partial charge is 0.222 e. The first-order valence-corrected chi connectivity index (χ1v) is 6.25. The Balaban J connectivity index is 2.03. The SMILES string of the molecule is O=C1CCCCN1[C@H](CO)Cc1ccccc1. The zero-order chi connectivity index (χ0) is 12.1. The maximum Gasteiger partial charge on any atom is 0.222 e. The highest BCUT2D eigenvalue weighted by molar-refractivity contribution is 5.77. The lowest BCUT2D eigenvalue weighted by Gasteiger charge is -2.33. The first kappa shape index (κ1) is 12.1. The van der Waals surface area contributed by atoms with Crippen molar-refractivity contribution >= 4 is 5.91 Å². The van der Waals surface area contributed by atoms with Gasteiger partial charge < -0.3 is 10.0 Å². The lowest BCUT2D eigenvalue weighted by atomic mass is 10.0. The van der Waals surface area contributed by atoms with Crippen LogP contribution in [0.2, 0.25) is 0 Å². The van der Waals surface area contributed by atoms with E-state index < -0.39 is 0 Å². The first-order chi connectivity index (χ1) is 8.31. The molecule has 1 atom stereocenters. The molecule has 3 heteroatoms. The summed E-state index contributed by atoms with van der Waals surface area (Å²) in [5.41, 5.74) is 1.17. The molecule has 0 aliphatic carbocycles. The minimum Gasteiger partial charge on any atom is -0.394 e. The van der Waals surface area contributed by atoms with E-state index in [0.717, 1.165) is 25.8 Å². The van der Waals surface area contributed by atoms with Crippen LogP contribution in [-0.4, -0.2) is 35.1 Å². The van der Waals surface area contributed by atoms with E-state index in [1.807, 2.05) is 35.2 Å². The maximum absolute atomic E-state index is 11.8. The lowest BCUT2D eigenvalue weighted by Crippen LogP contribution is -2.46. The van der Waals surface area contributed by atoms with Gasteiger partial charge in [-0.05, 0) is 24.8 Å². The van der Waals surface area contributed by atoms with Crippen molar-refractivity contribution in [1.82, 2.24) is 4.90 Å². The molecule has 1 heterocycles. The Morgan fingerprint density at radius 3 is 2.65 bits per heavy atom. The van der Waals surface area contributed by atoms with Gasteiger partial charge in [0.05, 0.1) is 12.6 Å². The van der Waals surface area contributed by atoms with Crippen LogP contribution in [0.3, 0.4) is 0 Å². The van der Waals surface area contributed by atoms with E-state index in [-0.39, 0.29) is 18.6 Å². The molecule has 0 radical (unpaired) electrons. The topological polar surface area (TPSA) is 40.5 Å². The zero-order valence-corrected chi connectivity index (χ0v) is 10.0. The van der Waals surface area contributed by atoms with Gasteiger partial charge in [0.2, 0.25) is 5.91 Å². The van der Waals surface area contributed by atoms with Crippen molar-refractivity contribution in [2.24, 2.45) is 0 Å². The molecule has 3 nitrogen and oxygen atoms in total. The van der Waals surface area contributed by atoms with Crippen LogP contribution in [-0.2, 0) is 11.2 Å². The van der Waals surface area contributed by atoms with E-state index in [2.05, 4.69) is 0 Å². The van der Waals surface area contributed by atoms with Crippen molar-refractivity contribution in [3.05, 3.63) is 35.9 Å². The molecule has 1 aliphatic heterocycles. The minimum atomic E-state index is -0.0646. The van der Waals surface area contributed by atoms with Crippen molar-refractivity contribution in [3.8, 4) is 0 Å². The van der Waals surface area contributed by atoms with Crippen LogP contribution in [0, 0.1) is 0 Å². The molecular weight excluding hydrogens is 214 g/mol. The number of hydrogen-bond donors (Lipinski definition) is 1. The van der Waals surface area contributed by atoms with Gasteiger partial charge in [-0.1, -0.05) is 30.3 Å². The number of piperidine rings is 1. The molecule has 0 unspecified atom stereocenters. The van der Waals surface area contributed by atoms with Crippen LogP contribution in [0.1, 0.15) is 24.8 Å². The van der Waals surface area contributed by atoms with Gasteiger partial charge in [0.15, 0.2) is 0 Å². The zero-order valence-electron chi connectivity index (χ0n) is 10.0. The number of carbonyl (C=O) groups is 1. The average Bonchev–Trinajstić information content (AvgIpc) is 2.38. The second kappa shape index (κ2) is 5.82. The molecule has 1 fully saturated rings. The fraction of sp³-hybridized carbons (Fsp3) is 0.500. The highest BCUT2D eigenvalue weighted by atomic mass is 16.3. The summed E-state index contributed by atoms with van der Waals surface area (Å²) in [6.07, 6.45) is 3.41. The van der Waals surface area contributed by atoms with Gasteiger partial charge >= 0.3 is 0 Å². The van der Waals surface area contributed by atoms with Gasteiger partial charge in [0, 0.05) is 13.0 Å². The van der Waals surface area contributed by atoms with E-state index in [1.54, 1.807) is 0 Å². The van der Waals surface area contributed by atoms with Gasteiger partial charge in [-0.15, -0.1) is 0 Å². The standard InChI is InChI=1S/C14H19NO2/c16-11-13(10-12-6-2-1-3-7-12)15-9-5-4-8-14(15)17/h1-3,6-7,13,16H,4-5,8-11H2/t13-/m0/s1. The molecule has 1 N–H and O–H groups in total.